The maximum Gasteiger partial charge on any atom is 0.349 e. The summed E-state index contributed by atoms with van der Waals surface area (Å²) in [5.41, 5.74) is 0.439. The number of carbonyl (C=O) groups is 3. The Morgan fingerprint density at radius 3 is 2.40 bits per heavy atom. The first-order chi connectivity index (χ1) is 11.9. The molecule has 2 aromatic rings. The van der Waals surface area contributed by atoms with Crippen LogP contribution in [0.15, 0.2) is 36.4 Å². The summed E-state index contributed by atoms with van der Waals surface area (Å²) >= 11 is 1.09. The third-order valence-corrected chi connectivity index (χ3v) is 4.19. The Bertz CT molecular complexity index is 766. The molecule has 1 aromatic carbocycles. The van der Waals surface area contributed by atoms with Crippen molar-refractivity contribution in [3.05, 3.63) is 46.8 Å². The summed E-state index contributed by atoms with van der Waals surface area (Å²) in [5, 5.41) is 3.14. The van der Waals surface area contributed by atoms with Gasteiger partial charge in [0.1, 0.15) is 10.6 Å². The van der Waals surface area contributed by atoms with Gasteiger partial charge in [0.15, 0.2) is 6.10 Å². The normalized spacial score (nSPS) is 11.5. The zero-order chi connectivity index (χ0) is 18.4. The number of ketones is 1. The van der Waals surface area contributed by atoms with Gasteiger partial charge >= 0.3 is 5.97 Å². The summed E-state index contributed by atoms with van der Waals surface area (Å²) in [7, 11) is 0. The van der Waals surface area contributed by atoms with Crippen molar-refractivity contribution in [3.63, 3.8) is 0 Å². The Kier molecular flexibility index (Phi) is 6.30. The van der Waals surface area contributed by atoms with Crippen LogP contribution >= 0.6 is 11.3 Å². The fraction of sp³-hybridized carbons (Fsp3) is 0.278. The standard InChI is InChI=1S/C18H19NO5S/c1-4-23-14-7-5-13(6-8-14)17(21)11(2)24-18(22)15-9-10-16(25-15)19-12(3)20/h5-11H,4H2,1-3H3,(H,19,20). The highest BCUT2D eigenvalue weighted by Gasteiger charge is 2.21. The van der Waals surface area contributed by atoms with Gasteiger partial charge in [-0.3, -0.25) is 9.59 Å². The second-order valence-corrected chi connectivity index (χ2v) is 6.30. The van der Waals surface area contributed by atoms with E-state index in [1.807, 2.05) is 6.92 Å². The second-order valence-electron chi connectivity index (χ2n) is 5.21. The molecule has 0 aliphatic rings. The van der Waals surface area contributed by atoms with E-state index in [9.17, 15) is 14.4 Å². The summed E-state index contributed by atoms with van der Waals surface area (Å²) in [6.07, 6.45) is -0.920. The first-order valence-electron chi connectivity index (χ1n) is 7.76. The van der Waals surface area contributed by atoms with Gasteiger partial charge in [-0.25, -0.2) is 4.79 Å². The lowest BCUT2D eigenvalue weighted by Crippen LogP contribution is -2.24. The number of rotatable bonds is 7. The quantitative estimate of drug-likeness (QED) is 0.603. The fourth-order valence-corrected chi connectivity index (χ4v) is 2.91. The SMILES string of the molecule is CCOc1ccc(C(=O)C(C)OC(=O)c2ccc(NC(C)=O)s2)cc1. The summed E-state index contributed by atoms with van der Waals surface area (Å²) in [6, 6.07) is 9.83. The highest BCUT2D eigenvalue weighted by molar-refractivity contribution is 7.18. The predicted octanol–water partition coefficient (Wildman–Crippen LogP) is 3.53. The minimum absolute atomic E-state index is 0.221. The molecule has 7 heteroatoms. The Labute approximate surface area is 149 Å². The Morgan fingerprint density at radius 2 is 1.80 bits per heavy atom. The zero-order valence-electron chi connectivity index (χ0n) is 14.2. The molecule has 0 bridgehead atoms. The van der Waals surface area contributed by atoms with E-state index in [2.05, 4.69) is 5.32 Å². The lowest BCUT2D eigenvalue weighted by molar-refractivity contribution is -0.114. The van der Waals surface area contributed by atoms with Crippen LogP contribution in [0.3, 0.4) is 0 Å². The van der Waals surface area contributed by atoms with Crippen molar-refractivity contribution in [1.29, 1.82) is 0 Å². The molecule has 25 heavy (non-hydrogen) atoms. The molecule has 2 rings (SSSR count). The van der Waals surface area contributed by atoms with Crippen molar-refractivity contribution < 1.29 is 23.9 Å². The topological polar surface area (TPSA) is 81.7 Å². The van der Waals surface area contributed by atoms with E-state index in [0.717, 1.165) is 11.3 Å². The van der Waals surface area contributed by atoms with Crippen LogP contribution in [0.5, 0.6) is 5.75 Å². The Morgan fingerprint density at radius 1 is 1.12 bits per heavy atom. The maximum absolute atomic E-state index is 12.4. The van der Waals surface area contributed by atoms with Crippen LogP contribution in [0.4, 0.5) is 5.00 Å². The van der Waals surface area contributed by atoms with Gasteiger partial charge in [-0.15, -0.1) is 11.3 Å². The molecule has 132 valence electrons. The largest absolute Gasteiger partial charge is 0.494 e. The van der Waals surface area contributed by atoms with Crippen molar-refractivity contribution in [3.8, 4) is 5.75 Å². The average molecular weight is 361 g/mol. The van der Waals surface area contributed by atoms with E-state index in [-0.39, 0.29) is 11.7 Å². The van der Waals surface area contributed by atoms with Crippen molar-refractivity contribution in [2.75, 3.05) is 11.9 Å². The predicted molar refractivity (Wildman–Crippen MR) is 95.4 cm³/mol. The molecule has 1 amide bonds. The number of hydrogen-bond donors (Lipinski definition) is 1. The van der Waals surface area contributed by atoms with E-state index >= 15 is 0 Å². The van der Waals surface area contributed by atoms with Gasteiger partial charge in [0.05, 0.1) is 11.6 Å². The van der Waals surface area contributed by atoms with E-state index in [0.29, 0.717) is 27.8 Å². The summed E-state index contributed by atoms with van der Waals surface area (Å²) in [4.78, 5) is 35.8. The molecule has 0 saturated heterocycles. The lowest BCUT2D eigenvalue weighted by atomic mass is 10.1. The highest BCUT2D eigenvalue weighted by Crippen LogP contribution is 2.23. The molecular weight excluding hydrogens is 342 g/mol. The number of ether oxygens (including phenoxy) is 2. The van der Waals surface area contributed by atoms with Gasteiger partial charge < -0.3 is 14.8 Å². The van der Waals surface area contributed by atoms with Crippen LogP contribution in [0, 0.1) is 0 Å². The molecule has 6 nitrogen and oxygen atoms in total. The Balaban J connectivity index is 1.98. The average Bonchev–Trinajstić information content (AvgIpc) is 3.03. The molecule has 0 spiro atoms. The molecule has 0 aliphatic heterocycles. The van der Waals surface area contributed by atoms with Gasteiger partial charge in [-0.2, -0.15) is 0 Å². The monoisotopic (exact) mass is 361 g/mol. The number of nitrogens with one attached hydrogen (secondary N) is 1. The summed E-state index contributed by atoms with van der Waals surface area (Å²) in [5.74, 6) is -0.447. The van der Waals surface area contributed by atoms with Crippen LogP contribution in [-0.2, 0) is 9.53 Å². The van der Waals surface area contributed by atoms with Crippen LogP contribution in [0.1, 0.15) is 40.8 Å². The van der Waals surface area contributed by atoms with E-state index in [4.69, 9.17) is 9.47 Å². The number of thiophene rings is 1. The van der Waals surface area contributed by atoms with Crippen molar-refractivity contribution in [1.82, 2.24) is 0 Å². The molecule has 0 radical (unpaired) electrons. The number of hydrogen-bond acceptors (Lipinski definition) is 6. The number of esters is 1. The third-order valence-electron chi connectivity index (χ3n) is 3.21. The zero-order valence-corrected chi connectivity index (χ0v) is 15.0. The minimum Gasteiger partial charge on any atom is -0.494 e. The van der Waals surface area contributed by atoms with Crippen LogP contribution < -0.4 is 10.1 Å². The van der Waals surface area contributed by atoms with Crippen LogP contribution in [0.2, 0.25) is 0 Å². The maximum atomic E-state index is 12.4. The molecule has 1 heterocycles. The molecule has 0 saturated carbocycles. The van der Waals surface area contributed by atoms with E-state index < -0.39 is 12.1 Å². The number of carbonyl (C=O) groups excluding carboxylic acids is 3. The van der Waals surface area contributed by atoms with Crippen LogP contribution in [0.25, 0.3) is 0 Å². The number of Topliss-reactive ketones (excluding diaryl/α,β-unsaturated/α-hetero) is 1. The molecule has 1 atom stereocenters. The van der Waals surface area contributed by atoms with Gasteiger partial charge in [-0.1, -0.05) is 0 Å². The van der Waals surface area contributed by atoms with Gasteiger partial charge in [0.25, 0.3) is 0 Å². The molecule has 1 unspecified atom stereocenters. The first kappa shape index (κ1) is 18.7. The first-order valence-corrected chi connectivity index (χ1v) is 8.57. The van der Waals surface area contributed by atoms with Crippen LogP contribution in [-0.4, -0.2) is 30.4 Å². The van der Waals surface area contributed by atoms with Gasteiger partial charge in [0, 0.05) is 12.5 Å². The number of amides is 1. The lowest BCUT2D eigenvalue weighted by Gasteiger charge is -2.12. The molecule has 0 aliphatic carbocycles. The number of benzene rings is 1. The van der Waals surface area contributed by atoms with Crippen molar-refractivity contribution in [2.24, 2.45) is 0 Å². The summed E-state index contributed by atoms with van der Waals surface area (Å²) in [6.45, 7) is 5.33. The molecule has 1 aromatic heterocycles. The molecule has 0 fully saturated rings. The second kappa shape index (κ2) is 8.43. The van der Waals surface area contributed by atoms with Gasteiger partial charge in [-0.05, 0) is 50.2 Å². The molecular formula is C18H19NO5S. The van der Waals surface area contributed by atoms with Crippen molar-refractivity contribution in [2.45, 2.75) is 26.9 Å². The fourth-order valence-electron chi connectivity index (χ4n) is 2.08. The Hall–Kier alpha value is -2.67. The van der Waals surface area contributed by atoms with E-state index in [1.54, 1.807) is 36.4 Å². The summed E-state index contributed by atoms with van der Waals surface area (Å²) < 4.78 is 10.6. The smallest absolute Gasteiger partial charge is 0.349 e. The third kappa shape index (κ3) is 5.15. The van der Waals surface area contributed by atoms with Crippen molar-refractivity contribution >= 4 is 34.0 Å². The highest BCUT2D eigenvalue weighted by atomic mass is 32.1. The minimum atomic E-state index is -0.920. The molecule has 1 N–H and O–H groups in total. The van der Waals surface area contributed by atoms with Gasteiger partial charge in [0.2, 0.25) is 11.7 Å². The number of anilines is 1. The van der Waals surface area contributed by atoms with E-state index in [1.165, 1.54) is 13.8 Å².